The topological polar surface area (TPSA) is 88.6 Å². The molecule has 3 fully saturated rings. The number of amides is 1. The Kier molecular flexibility index (Phi) is 8.37. The van der Waals surface area contributed by atoms with Crippen molar-refractivity contribution >= 4 is 11.7 Å². The first-order valence-corrected chi connectivity index (χ1v) is 13.8. The number of benzene rings is 1. The highest BCUT2D eigenvalue weighted by molar-refractivity contribution is 5.94. The zero-order valence-corrected chi connectivity index (χ0v) is 22.4. The molecular weight excluding hydrogens is 466 g/mol. The van der Waals surface area contributed by atoms with Crippen molar-refractivity contribution in [1.82, 2.24) is 20.2 Å². The number of nitrogens with one attached hydrogen (secondary N) is 2. The maximum Gasteiger partial charge on any atom is 0.272 e. The number of hydrogen-bond donors (Lipinski definition) is 2. The summed E-state index contributed by atoms with van der Waals surface area (Å²) in [4.78, 5) is 24.6. The predicted molar refractivity (Wildman–Crippen MR) is 144 cm³/mol. The van der Waals surface area contributed by atoms with Gasteiger partial charge in [0.2, 0.25) is 0 Å². The molecule has 1 aromatic carbocycles. The number of nitrogens with zero attached hydrogens (tertiary/aromatic N) is 3. The molecule has 2 saturated heterocycles. The first-order chi connectivity index (χ1) is 18.0. The number of rotatable bonds is 8. The first kappa shape index (κ1) is 26.1. The second-order valence-corrected chi connectivity index (χ2v) is 10.9. The predicted octanol–water partition coefficient (Wildman–Crippen LogP) is 3.70. The number of methoxy groups -OCH3 is 1. The van der Waals surface area contributed by atoms with Gasteiger partial charge in [0.1, 0.15) is 17.3 Å². The molecule has 1 aliphatic carbocycles. The van der Waals surface area contributed by atoms with Crippen LogP contribution in [0.3, 0.4) is 0 Å². The molecule has 37 heavy (non-hydrogen) atoms. The molecule has 1 saturated carbocycles. The molecule has 0 spiro atoms. The minimum atomic E-state index is 0.0121. The maximum atomic E-state index is 13.5. The highest BCUT2D eigenvalue weighted by Gasteiger charge is 2.32. The summed E-state index contributed by atoms with van der Waals surface area (Å²) in [6, 6.07) is 11.5. The second-order valence-electron chi connectivity index (χ2n) is 10.9. The van der Waals surface area contributed by atoms with Crippen LogP contribution in [-0.2, 0) is 9.47 Å². The highest BCUT2D eigenvalue weighted by atomic mass is 16.5. The molecule has 8 nitrogen and oxygen atoms in total. The quantitative estimate of drug-likeness (QED) is 0.563. The van der Waals surface area contributed by atoms with Gasteiger partial charge in [-0.25, -0.2) is 9.97 Å². The molecule has 3 aliphatic rings. The van der Waals surface area contributed by atoms with Crippen molar-refractivity contribution in [2.75, 3.05) is 45.3 Å². The Morgan fingerprint density at radius 3 is 2.59 bits per heavy atom. The fourth-order valence-electron chi connectivity index (χ4n) is 5.99. The average molecular weight is 508 g/mol. The van der Waals surface area contributed by atoms with E-state index in [9.17, 15) is 4.79 Å². The minimum absolute atomic E-state index is 0.0121. The molecule has 0 radical (unpaired) electrons. The SMILES string of the molecule is CO[C@@H]1COCC[C@@H]1NC1CCN(C(=O)c2nc(C)nc(NC[C@H]3C[C@@H](c4ccccc4)C3)c2C)CC1. The molecule has 2 aromatic rings. The van der Waals surface area contributed by atoms with Gasteiger partial charge >= 0.3 is 0 Å². The van der Waals surface area contributed by atoms with E-state index in [1.54, 1.807) is 7.11 Å². The lowest BCUT2D eigenvalue weighted by Gasteiger charge is -2.38. The summed E-state index contributed by atoms with van der Waals surface area (Å²) in [7, 11) is 1.75. The average Bonchev–Trinajstić information content (AvgIpc) is 2.90. The lowest BCUT2D eigenvalue weighted by molar-refractivity contribution is -0.0533. The lowest BCUT2D eigenvalue weighted by Crippen LogP contribution is -2.54. The number of aryl methyl sites for hydroxylation is 1. The number of aromatic nitrogens is 2. The van der Waals surface area contributed by atoms with Gasteiger partial charge in [-0.3, -0.25) is 4.79 Å². The summed E-state index contributed by atoms with van der Waals surface area (Å²) < 4.78 is 11.1. The molecule has 8 heteroatoms. The van der Waals surface area contributed by atoms with Crippen LogP contribution in [-0.4, -0.2) is 78.9 Å². The van der Waals surface area contributed by atoms with Crippen LogP contribution < -0.4 is 10.6 Å². The normalized spacial score (nSPS) is 26.5. The van der Waals surface area contributed by atoms with Crippen molar-refractivity contribution < 1.29 is 14.3 Å². The molecule has 2 N–H and O–H groups in total. The molecule has 5 rings (SSSR count). The van der Waals surface area contributed by atoms with Crippen LogP contribution in [0.2, 0.25) is 0 Å². The van der Waals surface area contributed by atoms with E-state index in [0.29, 0.717) is 42.0 Å². The Morgan fingerprint density at radius 2 is 1.86 bits per heavy atom. The highest BCUT2D eigenvalue weighted by Crippen LogP contribution is 2.41. The van der Waals surface area contributed by atoms with Gasteiger partial charge in [0.15, 0.2) is 0 Å². The zero-order chi connectivity index (χ0) is 25.8. The van der Waals surface area contributed by atoms with Gasteiger partial charge in [-0.2, -0.15) is 0 Å². The van der Waals surface area contributed by atoms with Crippen molar-refractivity contribution in [2.45, 2.75) is 70.1 Å². The summed E-state index contributed by atoms with van der Waals surface area (Å²) in [6.45, 7) is 7.57. The zero-order valence-electron chi connectivity index (χ0n) is 22.4. The summed E-state index contributed by atoms with van der Waals surface area (Å²) >= 11 is 0. The third-order valence-corrected chi connectivity index (χ3v) is 8.36. The van der Waals surface area contributed by atoms with Gasteiger partial charge in [0.05, 0.1) is 12.7 Å². The smallest absolute Gasteiger partial charge is 0.272 e. The van der Waals surface area contributed by atoms with Crippen LogP contribution >= 0.6 is 0 Å². The Labute approximate surface area is 220 Å². The van der Waals surface area contributed by atoms with Gasteiger partial charge < -0.3 is 25.0 Å². The fourth-order valence-corrected chi connectivity index (χ4v) is 5.99. The third kappa shape index (κ3) is 6.13. The number of piperidine rings is 1. The molecule has 1 aromatic heterocycles. The molecule has 0 unspecified atom stereocenters. The first-order valence-electron chi connectivity index (χ1n) is 13.8. The second kappa shape index (κ2) is 11.9. The number of carbonyl (C=O) groups is 1. The monoisotopic (exact) mass is 507 g/mol. The molecule has 0 bridgehead atoms. The van der Waals surface area contributed by atoms with E-state index in [4.69, 9.17) is 9.47 Å². The molecule has 1 amide bonds. The van der Waals surface area contributed by atoms with Crippen molar-refractivity contribution in [3.8, 4) is 0 Å². The summed E-state index contributed by atoms with van der Waals surface area (Å²) in [5, 5.41) is 7.30. The van der Waals surface area contributed by atoms with Gasteiger partial charge in [0.25, 0.3) is 5.91 Å². The largest absolute Gasteiger partial charge is 0.379 e. The van der Waals surface area contributed by atoms with Gasteiger partial charge in [-0.1, -0.05) is 30.3 Å². The number of hydrogen-bond acceptors (Lipinski definition) is 7. The van der Waals surface area contributed by atoms with Crippen LogP contribution in [0.4, 0.5) is 5.82 Å². The summed E-state index contributed by atoms with van der Waals surface area (Å²) in [5.41, 5.74) is 2.81. The van der Waals surface area contributed by atoms with Crippen LogP contribution in [0.1, 0.15) is 65.5 Å². The van der Waals surface area contributed by atoms with Crippen molar-refractivity contribution in [2.24, 2.45) is 5.92 Å². The third-order valence-electron chi connectivity index (χ3n) is 8.36. The Bertz CT molecular complexity index is 1050. The molecule has 2 atom stereocenters. The van der Waals surface area contributed by atoms with Crippen LogP contribution in [0, 0.1) is 19.8 Å². The van der Waals surface area contributed by atoms with E-state index >= 15 is 0 Å². The Balaban J connectivity index is 1.14. The minimum Gasteiger partial charge on any atom is -0.379 e. The van der Waals surface area contributed by atoms with Gasteiger partial charge in [0, 0.05) is 51.0 Å². The van der Waals surface area contributed by atoms with Gasteiger partial charge in [-0.15, -0.1) is 0 Å². The van der Waals surface area contributed by atoms with Gasteiger partial charge in [-0.05, 0) is 63.4 Å². The molecule has 200 valence electrons. The molecule has 3 heterocycles. The van der Waals surface area contributed by atoms with E-state index in [-0.39, 0.29) is 12.0 Å². The Morgan fingerprint density at radius 1 is 1.11 bits per heavy atom. The van der Waals surface area contributed by atoms with E-state index in [0.717, 1.165) is 56.9 Å². The van der Waals surface area contributed by atoms with Crippen LogP contribution in [0.5, 0.6) is 0 Å². The fraction of sp³-hybridized carbons (Fsp3) is 0.621. The lowest BCUT2D eigenvalue weighted by atomic mass is 9.71. The molecule has 2 aliphatic heterocycles. The van der Waals surface area contributed by atoms with Crippen LogP contribution in [0.25, 0.3) is 0 Å². The van der Waals surface area contributed by atoms with Crippen LogP contribution in [0.15, 0.2) is 30.3 Å². The number of likely N-dealkylation sites (tertiary alicyclic amines) is 1. The summed E-state index contributed by atoms with van der Waals surface area (Å²) in [5.74, 6) is 2.72. The van der Waals surface area contributed by atoms with E-state index in [1.807, 2.05) is 18.7 Å². The van der Waals surface area contributed by atoms with Crippen molar-refractivity contribution in [3.63, 3.8) is 0 Å². The number of ether oxygens (including phenoxy) is 2. The molecular formula is C29H41N5O3. The van der Waals surface area contributed by atoms with E-state index < -0.39 is 0 Å². The number of carbonyl (C=O) groups excluding carboxylic acids is 1. The van der Waals surface area contributed by atoms with Crippen molar-refractivity contribution in [3.05, 3.63) is 53.0 Å². The van der Waals surface area contributed by atoms with E-state index in [2.05, 4.69) is 50.9 Å². The van der Waals surface area contributed by atoms with E-state index in [1.165, 1.54) is 18.4 Å². The summed E-state index contributed by atoms with van der Waals surface area (Å²) in [6.07, 6.45) is 5.29. The standard InChI is InChI=1S/C29H41N5O3/c1-19-27(29(35)34-12-9-24(10-13-34)33-25-11-14-37-18-26(25)36-3)31-20(2)32-28(19)30-17-21-15-23(16-21)22-7-5-4-6-8-22/h4-8,21,23-26,33H,9-18H2,1-3H3,(H,30,31,32)/t21-,23+,25-,26+/m0/s1. The maximum absolute atomic E-state index is 13.5. The Hall–Kier alpha value is -2.55. The number of anilines is 1. The van der Waals surface area contributed by atoms with Crippen molar-refractivity contribution in [1.29, 1.82) is 0 Å².